The summed E-state index contributed by atoms with van der Waals surface area (Å²) in [5.41, 5.74) is 4.63. The molecule has 0 saturated carbocycles. The standard InChI is InChI=1S/C17H23N3O6/c1-10(14(22)19-16(24)20-17(2,3)4)26-15(23)11-5-7-12(8-6-11)25-9-13(18)21/h5-8,10H,9H2,1-4H3,(H2,18,21)(H2,19,20,22,24)/t10-/m0/s1. The Kier molecular flexibility index (Phi) is 7.12. The molecule has 0 aliphatic heterocycles. The number of carbonyl (C=O) groups excluding carboxylic acids is 4. The molecule has 1 aromatic carbocycles. The first-order valence-corrected chi connectivity index (χ1v) is 7.83. The molecule has 0 aliphatic rings. The molecule has 0 unspecified atom stereocenters. The molecule has 0 fully saturated rings. The van der Waals surface area contributed by atoms with Crippen LogP contribution in [0.1, 0.15) is 38.1 Å². The number of esters is 1. The average Bonchev–Trinajstić information content (AvgIpc) is 2.51. The number of nitrogens with one attached hydrogen (secondary N) is 2. The number of imide groups is 1. The summed E-state index contributed by atoms with van der Waals surface area (Å²) in [6.07, 6.45) is -1.17. The molecule has 0 aliphatic carbocycles. The lowest BCUT2D eigenvalue weighted by molar-refractivity contribution is -0.128. The zero-order valence-corrected chi connectivity index (χ0v) is 15.1. The van der Waals surface area contributed by atoms with Gasteiger partial charge in [-0.3, -0.25) is 14.9 Å². The molecule has 26 heavy (non-hydrogen) atoms. The van der Waals surface area contributed by atoms with Gasteiger partial charge >= 0.3 is 12.0 Å². The second kappa shape index (κ2) is 8.84. The van der Waals surface area contributed by atoms with Crippen LogP contribution in [0.15, 0.2) is 24.3 Å². The minimum atomic E-state index is -1.17. The van der Waals surface area contributed by atoms with Crippen LogP contribution in [-0.2, 0) is 14.3 Å². The van der Waals surface area contributed by atoms with Crippen molar-refractivity contribution in [2.45, 2.75) is 39.3 Å². The summed E-state index contributed by atoms with van der Waals surface area (Å²) in [7, 11) is 0. The lowest BCUT2D eigenvalue weighted by atomic mass is 10.1. The molecular formula is C17H23N3O6. The first-order valence-electron chi connectivity index (χ1n) is 7.83. The Balaban J connectivity index is 2.56. The highest BCUT2D eigenvalue weighted by molar-refractivity contribution is 5.98. The van der Waals surface area contributed by atoms with Gasteiger partial charge < -0.3 is 20.5 Å². The normalized spacial score (nSPS) is 11.8. The van der Waals surface area contributed by atoms with E-state index in [0.717, 1.165) is 0 Å². The van der Waals surface area contributed by atoms with E-state index in [1.807, 2.05) is 0 Å². The van der Waals surface area contributed by atoms with Crippen molar-refractivity contribution >= 4 is 23.8 Å². The van der Waals surface area contributed by atoms with E-state index < -0.39 is 35.5 Å². The van der Waals surface area contributed by atoms with Crippen molar-refractivity contribution in [3.8, 4) is 5.75 Å². The number of nitrogens with two attached hydrogens (primary N) is 1. The van der Waals surface area contributed by atoms with E-state index in [2.05, 4.69) is 10.6 Å². The quantitative estimate of drug-likeness (QED) is 0.635. The van der Waals surface area contributed by atoms with Gasteiger partial charge in [-0.1, -0.05) is 0 Å². The predicted octanol–water partition coefficient (Wildman–Crippen LogP) is 0.720. The molecule has 1 rings (SSSR count). The summed E-state index contributed by atoms with van der Waals surface area (Å²) in [5, 5.41) is 4.66. The molecule has 4 amide bonds. The van der Waals surface area contributed by atoms with E-state index in [1.54, 1.807) is 20.8 Å². The molecule has 9 heteroatoms. The van der Waals surface area contributed by atoms with E-state index in [1.165, 1.54) is 31.2 Å². The number of primary amides is 1. The number of hydrogen-bond donors (Lipinski definition) is 3. The largest absolute Gasteiger partial charge is 0.484 e. The molecule has 0 radical (unpaired) electrons. The lowest BCUT2D eigenvalue weighted by Gasteiger charge is -2.21. The Morgan fingerprint density at radius 3 is 2.19 bits per heavy atom. The summed E-state index contributed by atoms with van der Waals surface area (Å²) in [6, 6.07) is 5.06. The van der Waals surface area contributed by atoms with Gasteiger partial charge in [0.1, 0.15) is 5.75 Å². The maximum absolute atomic E-state index is 12.0. The summed E-state index contributed by atoms with van der Waals surface area (Å²) in [5.74, 6) is -1.76. The molecular weight excluding hydrogens is 342 g/mol. The maximum Gasteiger partial charge on any atom is 0.338 e. The highest BCUT2D eigenvalue weighted by Crippen LogP contribution is 2.13. The third-order valence-electron chi connectivity index (χ3n) is 2.85. The third-order valence-corrected chi connectivity index (χ3v) is 2.85. The average molecular weight is 365 g/mol. The van der Waals surface area contributed by atoms with Crippen molar-refractivity contribution in [2.75, 3.05) is 6.61 Å². The maximum atomic E-state index is 12.0. The van der Waals surface area contributed by atoms with Crippen LogP contribution in [-0.4, -0.2) is 42.1 Å². The Hall–Kier alpha value is -3.10. The number of hydrogen-bond acceptors (Lipinski definition) is 6. The molecule has 1 atom stereocenters. The van der Waals surface area contributed by atoms with Gasteiger partial charge in [-0.15, -0.1) is 0 Å². The Morgan fingerprint density at radius 1 is 1.12 bits per heavy atom. The van der Waals surface area contributed by atoms with Crippen LogP contribution in [0.4, 0.5) is 4.79 Å². The predicted molar refractivity (Wildman–Crippen MR) is 92.4 cm³/mol. The van der Waals surface area contributed by atoms with Gasteiger partial charge in [0.25, 0.3) is 11.8 Å². The van der Waals surface area contributed by atoms with Gasteiger partial charge in [0.05, 0.1) is 5.56 Å². The van der Waals surface area contributed by atoms with Crippen LogP contribution in [0.25, 0.3) is 0 Å². The van der Waals surface area contributed by atoms with Crippen molar-refractivity contribution < 1.29 is 28.7 Å². The second-order valence-electron chi connectivity index (χ2n) is 6.52. The van der Waals surface area contributed by atoms with Crippen LogP contribution in [0.5, 0.6) is 5.75 Å². The van der Waals surface area contributed by atoms with Crippen molar-refractivity contribution in [3.63, 3.8) is 0 Å². The fourth-order valence-electron chi connectivity index (χ4n) is 1.71. The summed E-state index contributed by atoms with van der Waals surface area (Å²) in [6.45, 7) is 6.35. The van der Waals surface area contributed by atoms with Gasteiger partial charge in [-0.2, -0.15) is 0 Å². The monoisotopic (exact) mass is 365 g/mol. The fourth-order valence-corrected chi connectivity index (χ4v) is 1.71. The van der Waals surface area contributed by atoms with Gasteiger partial charge in [0.2, 0.25) is 0 Å². The van der Waals surface area contributed by atoms with Crippen LogP contribution in [0.2, 0.25) is 0 Å². The van der Waals surface area contributed by atoms with Crippen molar-refractivity contribution in [1.29, 1.82) is 0 Å². The van der Waals surface area contributed by atoms with Gasteiger partial charge in [0.15, 0.2) is 12.7 Å². The zero-order chi connectivity index (χ0) is 19.9. The zero-order valence-electron chi connectivity index (χ0n) is 15.1. The molecule has 9 nitrogen and oxygen atoms in total. The highest BCUT2D eigenvalue weighted by Gasteiger charge is 2.22. The topological polar surface area (TPSA) is 137 Å². The number of ether oxygens (including phenoxy) is 2. The van der Waals surface area contributed by atoms with Gasteiger partial charge in [-0.05, 0) is 52.0 Å². The Labute approximate surface area is 151 Å². The summed E-state index contributed by atoms with van der Waals surface area (Å²) in [4.78, 5) is 46.2. The van der Waals surface area contributed by atoms with Crippen LogP contribution in [0, 0.1) is 0 Å². The van der Waals surface area contributed by atoms with E-state index >= 15 is 0 Å². The molecule has 0 heterocycles. The summed E-state index contributed by atoms with van der Waals surface area (Å²) < 4.78 is 10.1. The Morgan fingerprint density at radius 2 is 1.69 bits per heavy atom. The van der Waals surface area contributed by atoms with Crippen molar-refractivity contribution in [3.05, 3.63) is 29.8 Å². The molecule has 0 spiro atoms. The van der Waals surface area contributed by atoms with Crippen LogP contribution >= 0.6 is 0 Å². The van der Waals surface area contributed by atoms with E-state index in [-0.39, 0.29) is 12.2 Å². The minimum Gasteiger partial charge on any atom is -0.484 e. The van der Waals surface area contributed by atoms with Gasteiger partial charge in [-0.25, -0.2) is 9.59 Å². The van der Waals surface area contributed by atoms with E-state index in [9.17, 15) is 19.2 Å². The molecule has 142 valence electrons. The van der Waals surface area contributed by atoms with Crippen LogP contribution in [0.3, 0.4) is 0 Å². The second-order valence-corrected chi connectivity index (χ2v) is 6.52. The smallest absolute Gasteiger partial charge is 0.338 e. The first kappa shape index (κ1) is 20.9. The molecule has 0 saturated heterocycles. The molecule has 1 aromatic rings. The van der Waals surface area contributed by atoms with E-state index in [4.69, 9.17) is 15.2 Å². The van der Waals surface area contributed by atoms with Crippen LogP contribution < -0.4 is 21.1 Å². The molecule has 0 bridgehead atoms. The number of rotatable bonds is 6. The highest BCUT2D eigenvalue weighted by atomic mass is 16.5. The first-order chi connectivity index (χ1) is 12.0. The van der Waals surface area contributed by atoms with Crippen molar-refractivity contribution in [1.82, 2.24) is 10.6 Å². The fraction of sp³-hybridized carbons (Fsp3) is 0.412. The SMILES string of the molecule is C[C@H](OC(=O)c1ccc(OCC(N)=O)cc1)C(=O)NC(=O)NC(C)(C)C. The summed E-state index contributed by atoms with van der Waals surface area (Å²) >= 11 is 0. The Bertz CT molecular complexity index is 679. The van der Waals surface area contributed by atoms with E-state index in [0.29, 0.717) is 5.75 Å². The lowest BCUT2D eigenvalue weighted by Crippen LogP contribution is -2.50. The number of urea groups is 1. The van der Waals surface area contributed by atoms with Crippen molar-refractivity contribution in [2.24, 2.45) is 5.73 Å². The number of amides is 4. The minimum absolute atomic E-state index is 0.176. The molecule has 4 N–H and O–H groups in total. The number of benzene rings is 1. The molecule has 0 aromatic heterocycles. The third kappa shape index (κ3) is 7.65. The number of carbonyl (C=O) groups is 4. The van der Waals surface area contributed by atoms with Gasteiger partial charge in [0, 0.05) is 5.54 Å².